The number of nitrogens with one attached hydrogen (secondary N) is 1. The van der Waals surface area contributed by atoms with Crippen LogP contribution in [-0.2, 0) is 13.1 Å². The highest BCUT2D eigenvalue weighted by Gasteiger charge is 2.20. The van der Waals surface area contributed by atoms with E-state index in [0.717, 1.165) is 62.2 Å². The van der Waals surface area contributed by atoms with Gasteiger partial charge >= 0.3 is 0 Å². The molecule has 7 nitrogen and oxygen atoms in total. The molecule has 1 aliphatic heterocycles. The SMILES string of the molecule is CCNC(=NCc1cccc(-c2ccccn2)c1)N1CCN(Cc2ccon2)CC1. The van der Waals surface area contributed by atoms with E-state index in [1.54, 1.807) is 6.26 Å². The van der Waals surface area contributed by atoms with Crippen molar-refractivity contribution in [2.24, 2.45) is 4.99 Å². The van der Waals surface area contributed by atoms with E-state index in [2.05, 4.69) is 56.4 Å². The lowest BCUT2D eigenvalue weighted by atomic mass is 10.1. The van der Waals surface area contributed by atoms with Gasteiger partial charge in [0.15, 0.2) is 5.96 Å². The van der Waals surface area contributed by atoms with Crippen molar-refractivity contribution >= 4 is 5.96 Å². The van der Waals surface area contributed by atoms with E-state index >= 15 is 0 Å². The first kappa shape index (κ1) is 20.1. The average molecular weight is 405 g/mol. The highest BCUT2D eigenvalue weighted by Crippen LogP contribution is 2.18. The molecule has 0 bridgehead atoms. The third kappa shape index (κ3) is 5.24. The molecule has 3 aromatic rings. The van der Waals surface area contributed by atoms with Crippen LogP contribution in [0.25, 0.3) is 11.3 Å². The van der Waals surface area contributed by atoms with Crippen molar-refractivity contribution in [3.8, 4) is 11.3 Å². The Morgan fingerprint density at radius 2 is 2.00 bits per heavy atom. The Labute approximate surface area is 177 Å². The molecule has 1 saturated heterocycles. The van der Waals surface area contributed by atoms with Crippen molar-refractivity contribution in [1.82, 2.24) is 25.3 Å². The second kappa shape index (κ2) is 10.0. The molecule has 1 N–H and O–H groups in total. The van der Waals surface area contributed by atoms with Crippen molar-refractivity contribution in [1.29, 1.82) is 0 Å². The zero-order valence-corrected chi connectivity index (χ0v) is 17.4. The Hall–Kier alpha value is -3.19. The molecule has 30 heavy (non-hydrogen) atoms. The second-order valence-corrected chi connectivity index (χ2v) is 7.34. The number of hydrogen-bond acceptors (Lipinski definition) is 5. The van der Waals surface area contributed by atoms with Crippen LogP contribution in [-0.4, -0.2) is 58.6 Å². The van der Waals surface area contributed by atoms with Crippen molar-refractivity contribution in [2.75, 3.05) is 32.7 Å². The molecular formula is C23H28N6O. The van der Waals surface area contributed by atoms with E-state index in [9.17, 15) is 0 Å². The number of nitrogens with zero attached hydrogens (tertiary/aromatic N) is 5. The summed E-state index contributed by atoms with van der Waals surface area (Å²) in [6, 6.07) is 16.4. The van der Waals surface area contributed by atoms with Gasteiger partial charge < -0.3 is 14.7 Å². The van der Waals surface area contributed by atoms with Gasteiger partial charge in [0.1, 0.15) is 6.26 Å². The standard InChI is InChI=1S/C23H28N6O/c1-2-24-23(29-13-11-28(12-14-29)18-21-9-15-30-27-21)26-17-19-6-5-7-20(16-19)22-8-3-4-10-25-22/h3-10,15-16H,2,11-14,17-18H2,1H3,(H,24,26). The first-order valence-electron chi connectivity index (χ1n) is 10.5. The summed E-state index contributed by atoms with van der Waals surface area (Å²) in [4.78, 5) is 14.1. The Kier molecular flexibility index (Phi) is 6.72. The van der Waals surface area contributed by atoms with E-state index in [-0.39, 0.29) is 0 Å². The van der Waals surface area contributed by atoms with Gasteiger partial charge in [0.25, 0.3) is 0 Å². The molecule has 0 saturated carbocycles. The maximum Gasteiger partial charge on any atom is 0.194 e. The highest BCUT2D eigenvalue weighted by atomic mass is 16.5. The Balaban J connectivity index is 1.38. The van der Waals surface area contributed by atoms with Gasteiger partial charge in [-0.15, -0.1) is 0 Å². The van der Waals surface area contributed by atoms with Crippen molar-refractivity contribution in [3.05, 3.63) is 72.2 Å². The first-order chi connectivity index (χ1) is 14.8. The maximum atomic E-state index is 4.94. The number of guanidine groups is 1. The van der Waals surface area contributed by atoms with Gasteiger partial charge in [-0.25, -0.2) is 4.99 Å². The summed E-state index contributed by atoms with van der Waals surface area (Å²) >= 11 is 0. The quantitative estimate of drug-likeness (QED) is 0.503. The van der Waals surface area contributed by atoms with Crippen molar-refractivity contribution in [3.63, 3.8) is 0 Å². The van der Waals surface area contributed by atoms with Gasteiger partial charge in [-0.2, -0.15) is 0 Å². The van der Waals surface area contributed by atoms with Crippen molar-refractivity contribution in [2.45, 2.75) is 20.0 Å². The fraction of sp³-hybridized carbons (Fsp3) is 0.348. The van der Waals surface area contributed by atoms with Crippen molar-refractivity contribution < 1.29 is 4.52 Å². The molecule has 0 amide bonds. The number of pyridine rings is 1. The topological polar surface area (TPSA) is 69.8 Å². The second-order valence-electron chi connectivity index (χ2n) is 7.34. The molecule has 7 heteroatoms. The van der Waals surface area contributed by atoms with E-state index in [1.165, 1.54) is 5.56 Å². The number of benzene rings is 1. The smallest absolute Gasteiger partial charge is 0.194 e. The molecular weight excluding hydrogens is 376 g/mol. The highest BCUT2D eigenvalue weighted by molar-refractivity contribution is 5.80. The summed E-state index contributed by atoms with van der Waals surface area (Å²) in [6.45, 7) is 8.28. The minimum absolute atomic E-state index is 0.641. The molecule has 0 spiro atoms. The predicted octanol–water partition coefficient (Wildman–Crippen LogP) is 3.02. The summed E-state index contributed by atoms with van der Waals surface area (Å²) in [5.41, 5.74) is 4.27. The molecule has 0 aliphatic carbocycles. The van der Waals surface area contributed by atoms with E-state index in [4.69, 9.17) is 9.52 Å². The molecule has 156 valence electrons. The third-order valence-corrected chi connectivity index (χ3v) is 5.18. The Bertz CT molecular complexity index is 933. The van der Waals surface area contributed by atoms with Gasteiger partial charge in [0.2, 0.25) is 0 Å². The molecule has 2 aromatic heterocycles. The number of rotatable bonds is 6. The van der Waals surface area contributed by atoms with Gasteiger partial charge in [-0.1, -0.05) is 29.4 Å². The van der Waals surface area contributed by atoms with Crippen LogP contribution in [0.15, 0.2) is 70.5 Å². The van der Waals surface area contributed by atoms with Gasteiger partial charge in [-0.3, -0.25) is 9.88 Å². The van der Waals surface area contributed by atoms with E-state index in [0.29, 0.717) is 6.54 Å². The summed E-state index contributed by atoms with van der Waals surface area (Å²) in [7, 11) is 0. The minimum Gasteiger partial charge on any atom is -0.364 e. The summed E-state index contributed by atoms with van der Waals surface area (Å²) < 4.78 is 4.94. The maximum absolute atomic E-state index is 4.94. The molecule has 0 unspecified atom stereocenters. The van der Waals surface area contributed by atoms with E-state index < -0.39 is 0 Å². The summed E-state index contributed by atoms with van der Waals surface area (Å²) in [5, 5.41) is 7.46. The monoisotopic (exact) mass is 404 g/mol. The number of piperazine rings is 1. The number of aromatic nitrogens is 2. The fourth-order valence-electron chi connectivity index (χ4n) is 3.62. The number of aliphatic imine (C=N–C) groups is 1. The van der Waals surface area contributed by atoms with Gasteiger partial charge in [-0.05, 0) is 30.7 Å². The van der Waals surface area contributed by atoms with Crippen LogP contribution in [0.1, 0.15) is 18.2 Å². The lowest BCUT2D eigenvalue weighted by Gasteiger charge is -2.36. The zero-order valence-electron chi connectivity index (χ0n) is 17.4. The first-order valence-corrected chi connectivity index (χ1v) is 10.5. The molecule has 0 atom stereocenters. The zero-order chi connectivity index (χ0) is 20.6. The Morgan fingerprint density at radius 1 is 1.10 bits per heavy atom. The third-order valence-electron chi connectivity index (χ3n) is 5.18. The number of hydrogen-bond donors (Lipinski definition) is 1. The molecule has 1 fully saturated rings. The van der Waals surface area contributed by atoms with Crippen LogP contribution in [0.5, 0.6) is 0 Å². The molecule has 4 rings (SSSR count). The summed E-state index contributed by atoms with van der Waals surface area (Å²) in [6.07, 6.45) is 3.45. The molecule has 1 aliphatic rings. The van der Waals surface area contributed by atoms with Crippen LogP contribution in [0.4, 0.5) is 0 Å². The lowest BCUT2D eigenvalue weighted by molar-refractivity contribution is 0.169. The average Bonchev–Trinajstić information content (AvgIpc) is 3.31. The molecule has 0 radical (unpaired) electrons. The van der Waals surface area contributed by atoms with Gasteiger partial charge in [0.05, 0.1) is 17.9 Å². The van der Waals surface area contributed by atoms with Crippen LogP contribution in [0.2, 0.25) is 0 Å². The summed E-state index contributed by atoms with van der Waals surface area (Å²) in [5.74, 6) is 0.974. The van der Waals surface area contributed by atoms with Crippen LogP contribution < -0.4 is 5.32 Å². The molecule has 1 aromatic carbocycles. The normalized spacial score (nSPS) is 15.4. The van der Waals surface area contributed by atoms with Crippen LogP contribution in [0, 0.1) is 0 Å². The van der Waals surface area contributed by atoms with Crippen LogP contribution >= 0.6 is 0 Å². The fourth-order valence-corrected chi connectivity index (χ4v) is 3.62. The predicted molar refractivity (Wildman–Crippen MR) is 118 cm³/mol. The minimum atomic E-state index is 0.641. The van der Waals surface area contributed by atoms with E-state index in [1.807, 2.05) is 30.5 Å². The van der Waals surface area contributed by atoms with Crippen LogP contribution in [0.3, 0.4) is 0 Å². The van der Waals surface area contributed by atoms with Gasteiger partial charge in [0, 0.05) is 57.1 Å². The Morgan fingerprint density at radius 3 is 2.73 bits per heavy atom. The lowest BCUT2D eigenvalue weighted by Crippen LogP contribution is -2.52. The molecule has 3 heterocycles. The largest absolute Gasteiger partial charge is 0.364 e.